The third-order valence-corrected chi connectivity index (χ3v) is 5.15. The van der Waals surface area contributed by atoms with Gasteiger partial charge in [-0.1, -0.05) is 90.4 Å². The van der Waals surface area contributed by atoms with Gasteiger partial charge in [0, 0.05) is 0 Å². The first-order valence-corrected chi connectivity index (χ1v) is 10.1. The highest BCUT2D eigenvalue weighted by molar-refractivity contribution is 4.67. The molecule has 0 aromatic rings. The molecule has 0 aliphatic heterocycles. The lowest BCUT2D eigenvalue weighted by atomic mass is 10.0. The molecule has 1 aliphatic rings. The van der Waals surface area contributed by atoms with Gasteiger partial charge >= 0.3 is 0 Å². The van der Waals surface area contributed by atoms with Gasteiger partial charge in [-0.15, -0.1) is 0 Å². The first kappa shape index (κ1) is 19.0. The number of rotatable bonds is 15. The van der Waals surface area contributed by atoms with E-state index in [-0.39, 0.29) is 0 Å². The van der Waals surface area contributed by atoms with E-state index in [0.717, 1.165) is 5.92 Å². The van der Waals surface area contributed by atoms with Crippen LogP contribution in [0, 0.1) is 5.92 Å². The predicted molar refractivity (Wildman–Crippen MR) is 95.9 cm³/mol. The maximum atomic E-state index is 3.63. The Labute approximate surface area is 134 Å². The minimum absolute atomic E-state index is 1.07. The number of unbranched alkanes of at least 4 members (excludes halogenated alkanes) is 9. The van der Waals surface area contributed by atoms with E-state index in [1.165, 1.54) is 116 Å². The molecule has 126 valence electrons. The Morgan fingerprint density at radius 3 is 1.81 bits per heavy atom. The van der Waals surface area contributed by atoms with E-state index in [1.54, 1.807) is 0 Å². The van der Waals surface area contributed by atoms with Gasteiger partial charge in [0.05, 0.1) is 0 Å². The Bertz CT molecular complexity index is 196. The molecular formula is C20H41N. The van der Waals surface area contributed by atoms with Gasteiger partial charge < -0.3 is 5.32 Å². The topological polar surface area (TPSA) is 12.0 Å². The van der Waals surface area contributed by atoms with Gasteiger partial charge in [-0.05, 0) is 38.3 Å². The van der Waals surface area contributed by atoms with Gasteiger partial charge in [-0.2, -0.15) is 0 Å². The van der Waals surface area contributed by atoms with E-state index >= 15 is 0 Å². The molecule has 0 heterocycles. The Kier molecular flexibility index (Phi) is 13.5. The van der Waals surface area contributed by atoms with E-state index in [1.807, 2.05) is 0 Å². The van der Waals surface area contributed by atoms with E-state index < -0.39 is 0 Å². The van der Waals surface area contributed by atoms with Crippen molar-refractivity contribution < 1.29 is 0 Å². The molecule has 0 atom stereocenters. The summed E-state index contributed by atoms with van der Waals surface area (Å²) >= 11 is 0. The normalized spacial score (nSPS) is 15.9. The third-order valence-electron chi connectivity index (χ3n) is 5.15. The fraction of sp³-hybridized carbons (Fsp3) is 1.00. The van der Waals surface area contributed by atoms with Crippen LogP contribution < -0.4 is 5.32 Å². The van der Waals surface area contributed by atoms with Crippen LogP contribution in [0.25, 0.3) is 0 Å². The van der Waals surface area contributed by atoms with Gasteiger partial charge in [0.1, 0.15) is 0 Å². The minimum Gasteiger partial charge on any atom is -0.317 e. The van der Waals surface area contributed by atoms with Crippen molar-refractivity contribution in [2.75, 3.05) is 13.1 Å². The maximum Gasteiger partial charge on any atom is -0.00488 e. The summed E-state index contributed by atoms with van der Waals surface area (Å²) in [5.41, 5.74) is 0. The molecule has 1 aliphatic carbocycles. The smallest absolute Gasteiger partial charge is 0.00488 e. The van der Waals surface area contributed by atoms with Crippen LogP contribution in [0.2, 0.25) is 0 Å². The van der Waals surface area contributed by atoms with Gasteiger partial charge in [0.2, 0.25) is 0 Å². The molecule has 1 saturated carbocycles. The molecule has 1 N–H and O–H groups in total. The molecule has 0 spiro atoms. The summed E-state index contributed by atoms with van der Waals surface area (Å²) < 4.78 is 0. The van der Waals surface area contributed by atoms with Crippen molar-refractivity contribution in [3.63, 3.8) is 0 Å². The fourth-order valence-electron chi connectivity index (χ4n) is 3.68. The van der Waals surface area contributed by atoms with Gasteiger partial charge in [-0.25, -0.2) is 0 Å². The summed E-state index contributed by atoms with van der Waals surface area (Å²) in [6, 6.07) is 0. The molecule has 21 heavy (non-hydrogen) atoms. The average Bonchev–Trinajstić information content (AvgIpc) is 3.01. The van der Waals surface area contributed by atoms with Crippen molar-refractivity contribution in [3.8, 4) is 0 Å². The zero-order valence-electron chi connectivity index (χ0n) is 14.8. The molecule has 1 heteroatoms. The zero-order chi connectivity index (χ0) is 15.0. The predicted octanol–water partition coefficient (Wildman–Crippen LogP) is 6.47. The summed E-state index contributed by atoms with van der Waals surface area (Å²) in [5, 5.41) is 3.63. The fourth-order valence-corrected chi connectivity index (χ4v) is 3.68. The van der Waals surface area contributed by atoms with Gasteiger partial charge in [0.25, 0.3) is 0 Å². The second-order valence-electron chi connectivity index (χ2n) is 7.22. The van der Waals surface area contributed by atoms with Gasteiger partial charge in [0.15, 0.2) is 0 Å². The summed E-state index contributed by atoms with van der Waals surface area (Å²) in [7, 11) is 0. The van der Waals surface area contributed by atoms with Crippen molar-refractivity contribution in [2.45, 2.75) is 110 Å². The quantitative estimate of drug-likeness (QED) is 0.341. The van der Waals surface area contributed by atoms with Crippen LogP contribution in [0.15, 0.2) is 0 Å². The molecule has 1 fully saturated rings. The van der Waals surface area contributed by atoms with Gasteiger partial charge in [-0.3, -0.25) is 0 Å². The standard InChI is InChI=1S/C20H41N/c1-2-3-4-5-6-7-8-9-10-13-18-21-19-14-17-20-15-11-12-16-20/h20-21H,2-19H2,1H3. The van der Waals surface area contributed by atoms with E-state index in [0.29, 0.717) is 0 Å². The Morgan fingerprint density at radius 1 is 0.667 bits per heavy atom. The summed E-state index contributed by atoms with van der Waals surface area (Å²) in [5.74, 6) is 1.07. The SMILES string of the molecule is CCCCCCCCCCCCNCCCC1CCCC1. The van der Waals surface area contributed by atoms with E-state index in [4.69, 9.17) is 0 Å². The van der Waals surface area contributed by atoms with Crippen LogP contribution in [0.4, 0.5) is 0 Å². The lowest BCUT2D eigenvalue weighted by Crippen LogP contribution is -2.17. The Balaban J connectivity index is 1.65. The lowest BCUT2D eigenvalue weighted by molar-refractivity contribution is 0.466. The molecule has 1 nitrogen and oxygen atoms in total. The Hall–Kier alpha value is -0.0400. The van der Waals surface area contributed by atoms with Crippen LogP contribution in [-0.2, 0) is 0 Å². The zero-order valence-corrected chi connectivity index (χ0v) is 14.8. The number of hydrogen-bond donors (Lipinski definition) is 1. The van der Waals surface area contributed by atoms with Crippen molar-refractivity contribution in [1.82, 2.24) is 5.32 Å². The number of nitrogens with one attached hydrogen (secondary N) is 1. The Morgan fingerprint density at radius 2 is 1.19 bits per heavy atom. The third kappa shape index (κ3) is 12.2. The van der Waals surface area contributed by atoms with Crippen LogP contribution in [-0.4, -0.2) is 13.1 Å². The van der Waals surface area contributed by atoms with Crippen molar-refractivity contribution in [3.05, 3.63) is 0 Å². The minimum atomic E-state index is 1.07. The van der Waals surface area contributed by atoms with Crippen molar-refractivity contribution in [1.29, 1.82) is 0 Å². The van der Waals surface area contributed by atoms with Crippen LogP contribution in [0.3, 0.4) is 0 Å². The summed E-state index contributed by atoms with van der Waals surface area (Å²) in [6.45, 7) is 4.80. The molecule has 0 aromatic carbocycles. The first-order valence-electron chi connectivity index (χ1n) is 10.1. The molecule has 0 unspecified atom stereocenters. The highest BCUT2D eigenvalue weighted by Crippen LogP contribution is 2.28. The molecule has 1 rings (SSSR count). The monoisotopic (exact) mass is 295 g/mol. The van der Waals surface area contributed by atoms with E-state index in [9.17, 15) is 0 Å². The maximum absolute atomic E-state index is 3.63. The van der Waals surface area contributed by atoms with Crippen LogP contribution >= 0.6 is 0 Å². The second kappa shape index (κ2) is 14.9. The molecule has 0 amide bonds. The van der Waals surface area contributed by atoms with Crippen LogP contribution in [0.1, 0.15) is 110 Å². The highest BCUT2D eigenvalue weighted by Gasteiger charge is 2.13. The molecule has 0 radical (unpaired) electrons. The summed E-state index contributed by atoms with van der Waals surface area (Å²) in [4.78, 5) is 0. The second-order valence-corrected chi connectivity index (χ2v) is 7.22. The molecule has 0 aromatic heterocycles. The molecular weight excluding hydrogens is 254 g/mol. The highest BCUT2D eigenvalue weighted by atomic mass is 14.8. The lowest BCUT2D eigenvalue weighted by Gasteiger charge is -2.09. The largest absolute Gasteiger partial charge is 0.317 e. The first-order chi connectivity index (χ1) is 10.4. The average molecular weight is 296 g/mol. The van der Waals surface area contributed by atoms with E-state index in [2.05, 4.69) is 12.2 Å². The summed E-state index contributed by atoms with van der Waals surface area (Å²) in [6.07, 6.45) is 23.3. The van der Waals surface area contributed by atoms with Crippen LogP contribution in [0.5, 0.6) is 0 Å². The number of hydrogen-bond acceptors (Lipinski definition) is 1. The molecule has 0 bridgehead atoms. The van der Waals surface area contributed by atoms with Crippen molar-refractivity contribution in [2.24, 2.45) is 5.92 Å². The molecule has 0 saturated heterocycles. The van der Waals surface area contributed by atoms with Crippen molar-refractivity contribution >= 4 is 0 Å².